The van der Waals surface area contributed by atoms with E-state index in [9.17, 15) is 23.3 Å². The fourth-order valence-electron chi connectivity index (χ4n) is 3.34. The number of carbonyl (C=O) groups is 1. The Morgan fingerprint density at radius 1 is 1.17 bits per heavy atom. The average molecular weight is 433 g/mol. The van der Waals surface area contributed by atoms with E-state index in [0.717, 1.165) is 25.9 Å². The van der Waals surface area contributed by atoms with Crippen molar-refractivity contribution in [3.63, 3.8) is 0 Å². The van der Waals surface area contributed by atoms with Crippen LogP contribution < -0.4 is 14.9 Å². The van der Waals surface area contributed by atoms with Crippen molar-refractivity contribution in [3.8, 4) is 0 Å². The van der Waals surface area contributed by atoms with Crippen molar-refractivity contribution < 1.29 is 18.1 Å². The van der Waals surface area contributed by atoms with Crippen molar-refractivity contribution in [2.75, 3.05) is 33.8 Å². The summed E-state index contributed by atoms with van der Waals surface area (Å²) in [6.45, 7) is 4.79. The van der Waals surface area contributed by atoms with Gasteiger partial charge in [-0.3, -0.25) is 19.6 Å². The molecule has 0 aromatic heterocycles. The van der Waals surface area contributed by atoms with E-state index in [4.69, 9.17) is 0 Å². The van der Waals surface area contributed by atoms with Crippen molar-refractivity contribution in [3.05, 3.63) is 57.6 Å². The third-order valence-corrected chi connectivity index (χ3v) is 6.30. The topological polar surface area (TPSA) is 122 Å². The van der Waals surface area contributed by atoms with Crippen LogP contribution in [-0.4, -0.2) is 38.1 Å². The van der Waals surface area contributed by atoms with Crippen molar-refractivity contribution in [2.24, 2.45) is 0 Å². The first-order valence-electron chi connectivity index (χ1n) is 9.66. The third-order valence-electron chi connectivity index (χ3n) is 5.01. The number of amides is 1. The number of benzene rings is 2. The van der Waals surface area contributed by atoms with Gasteiger partial charge in [-0.2, -0.15) is 0 Å². The summed E-state index contributed by atoms with van der Waals surface area (Å²) in [4.78, 5) is 25.6. The Kier molecular flexibility index (Phi) is 6.25. The molecule has 10 heteroatoms. The second-order valence-electron chi connectivity index (χ2n) is 7.14. The number of carbonyl (C=O) groups excluding carboxylic acids is 1. The molecule has 0 aliphatic carbocycles. The van der Waals surface area contributed by atoms with Crippen molar-refractivity contribution in [1.29, 1.82) is 0 Å². The predicted octanol–water partition coefficient (Wildman–Crippen LogP) is 3.52. The Morgan fingerprint density at radius 2 is 1.87 bits per heavy atom. The van der Waals surface area contributed by atoms with E-state index in [1.165, 1.54) is 6.07 Å². The zero-order chi connectivity index (χ0) is 21.9. The van der Waals surface area contributed by atoms with E-state index in [-0.39, 0.29) is 17.0 Å². The molecule has 1 heterocycles. The first-order chi connectivity index (χ1) is 14.2. The molecule has 2 aromatic rings. The Balaban J connectivity index is 1.79. The number of hydrogen-bond donors (Lipinski definition) is 2. The average Bonchev–Trinajstić information content (AvgIpc) is 3.24. The fourth-order valence-corrected chi connectivity index (χ4v) is 4.04. The molecule has 1 saturated heterocycles. The van der Waals surface area contributed by atoms with Gasteiger partial charge in [-0.05, 0) is 62.6 Å². The van der Waals surface area contributed by atoms with Crippen molar-refractivity contribution in [2.45, 2.75) is 26.7 Å². The number of nitrogens with one attached hydrogen (secondary N) is 2. The van der Waals surface area contributed by atoms with Gasteiger partial charge >= 0.3 is 0 Å². The van der Waals surface area contributed by atoms with E-state index in [2.05, 4.69) is 10.0 Å². The number of nitro groups is 1. The van der Waals surface area contributed by atoms with Gasteiger partial charge in [-0.15, -0.1) is 0 Å². The van der Waals surface area contributed by atoms with E-state index in [1.807, 2.05) is 4.90 Å². The van der Waals surface area contributed by atoms with Crippen LogP contribution in [0.15, 0.2) is 36.4 Å². The van der Waals surface area contributed by atoms with Gasteiger partial charge in [0.2, 0.25) is 10.0 Å². The first-order valence-corrected chi connectivity index (χ1v) is 11.3. The molecular weight excluding hydrogens is 408 g/mol. The van der Waals surface area contributed by atoms with E-state index < -0.39 is 20.9 Å². The number of rotatable bonds is 7. The van der Waals surface area contributed by atoms with Crippen molar-refractivity contribution >= 4 is 38.7 Å². The van der Waals surface area contributed by atoms with Crippen LogP contribution >= 0.6 is 0 Å². The summed E-state index contributed by atoms with van der Waals surface area (Å²) in [5.74, 6) is -0.524. The molecule has 0 atom stereocenters. The van der Waals surface area contributed by atoms with E-state index in [1.54, 1.807) is 44.2 Å². The van der Waals surface area contributed by atoms with Crippen LogP contribution in [0.3, 0.4) is 0 Å². The minimum atomic E-state index is -3.40. The fraction of sp³-hybridized carbons (Fsp3) is 0.350. The highest BCUT2D eigenvalue weighted by atomic mass is 32.2. The Labute approximate surface area is 175 Å². The number of sulfonamides is 1. The number of aryl methyl sites for hydroxylation is 1. The SMILES string of the molecule is CCS(=O)(=O)Nc1ccc(NC(=O)c2ccc(N3CCCC3)c([N+](=O)[O-])c2)cc1C. The summed E-state index contributed by atoms with van der Waals surface area (Å²) in [7, 11) is -3.40. The lowest BCUT2D eigenvalue weighted by Gasteiger charge is -2.18. The van der Waals surface area contributed by atoms with Crippen LogP contribution in [-0.2, 0) is 10.0 Å². The van der Waals surface area contributed by atoms with E-state index >= 15 is 0 Å². The highest BCUT2D eigenvalue weighted by Crippen LogP contribution is 2.32. The normalized spacial score (nSPS) is 13.9. The van der Waals surface area contributed by atoms with Gasteiger partial charge in [0.25, 0.3) is 11.6 Å². The molecule has 1 amide bonds. The maximum atomic E-state index is 12.6. The molecule has 9 nitrogen and oxygen atoms in total. The largest absolute Gasteiger partial charge is 0.366 e. The highest BCUT2D eigenvalue weighted by Gasteiger charge is 2.24. The summed E-state index contributed by atoms with van der Waals surface area (Å²) in [6.07, 6.45) is 1.98. The summed E-state index contributed by atoms with van der Waals surface area (Å²) < 4.78 is 26.0. The van der Waals surface area contributed by atoms with E-state index in [0.29, 0.717) is 22.6 Å². The summed E-state index contributed by atoms with van der Waals surface area (Å²) in [5, 5.41) is 14.2. The lowest BCUT2D eigenvalue weighted by atomic mass is 10.1. The summed E-state index contributed by atoms with van der Waals surface area (Å²) in [5.41, 5.74) is 2.14. The van der Waals surface area contributed by atoms with Crippen LogP contribution in [0.4, 0.5) is 22.7 Å². The van der Waals surface area contributed by atoms with Gasteiger partial charge in [-0.25, -0.2) is 8.42 Å². The molecule has 2 N–H and O–H groups in total. The summed E-state index contributed by atoms with van der Waals surface area (Å²) >= 11 is 0. The predicted molar refractivity (Wildman–Crippen MR) is 117 cm³/mol. The van der Waals surface area contributed by atoms with Gasteiger partial charge in [0.15, 0.2) is 0 Å². The molecule has 1 fully saturated rings. The van der Waals surface area contributed by atoms with Gasteiger partial charge < -0.3 is 10.2 Å². The third kappa shape index (κ3) is 4.88. The van der Waals surface area contributed by atoms with Gasteiger partial charge in [0.1, 0.15) is 5.69 Å². The summed E-state index contributed by atoms with van der Waals surface area (Å²) in [6, 6.07) is 9.26. The molecule has 0 unspecified atom stereocenters. The van der Waals surface area contributed by atoms with Gasteiger partial charge in [-0.1, -0.05) is 0 Å². The smallest absolute Gasteiger partial charge is 0.293 e. The highest BCUT2D eigenvalue weighted by molar-refractivity contribution is 7.92. The molecule has 160 valence electrons. The maximum absolute atomic E-state index is 12.6. The zero-order valence-electron chi connectivity index (χ0n) is 16.8. The quantitative estimate of drug-likeness (QED) is 0.510. The van der Waals surface area contributed by atoms with Gasteiger partial charge in [0.05, 0.1) is 16.4 Å². The van der Waals surface area contributed by atoms with Crippen LogP contribution in [0.5, 0.6) is 0 Å². The Hall–Kier alpha value is -3.14. The second kappa shape index (κ2) is 8.70. The van der Waals surface area contributed by atoms with Crippen LogP contribution in [0.2, 0.25) is 0 Å². The minimum absolute atomic E-state index is 0.0445. The van der Waals surface area contributed by atoms with Crippen LogP contribution in [0.25, 0.3) is 0 Å². The number of nitrogens with zero attached hydrogens (tertiary/aromatic N) is 2. The molecular formula is C20H24N4O5S. The molecule has 0 spiro atoms. The van der Waals surface area contributed by atoms with Crippen molar-refractivity contribution in [1.82, 2.24) is 0 Å². The molecule has 0 radical (unpaired) electrons. The molecule has 1 aliphatic heterocycles. The Morgan fingerprint density at radius 3 is 2.47 bits per heavy atom. The maximum Gasteiger partial charge on any atom is 0.293 e. The number of nitro benzene ring substituents is 1. The van der Waals surface area contributed by atoms with Gasteiger partial charge in [0, 0.05) is 30.4 Å². The lowest BCUT2D eigenvalue weighted by Crippen LogP contribution is -2.20. The van der Waals surface area contributed by atoms with Crippen LogP contribution in [0, 0.1) is 17.0 Å². The second-order valence-corrected chi connectivity index (χ2v) is 9.16. The zero-order valence-corrected chi connectivity index (χ0v) is 17.7. The molecule has 3 rings (SSSR count). The number of hydrogen-bond acceptors (Lipinski definition) is 6. The molecule has 2 aromatic carbocycles. The Bertz CT molecular complexity index is 1080. The lowest BCUT2D eigenvalue weighted by molar-refractivity contribution is -0.384. The molecule has 30 heavy (non-hydrogen) atoms. The molecule has 0 bridgehead atoms. The first kappa shape index (κ1) is 21.6. The standard InChI is InChI=1S/C20H24N4O5S/c1-3-30(28,29)22-17-8-7-16(12-14(17)2)21-20(25)15-6-9-18(19(13-15)24(26)27)23-10-4-5-11-23/h6-9,12-13,22H,3-5,10-11H2,1-2H3,(H,21,25). The van der Waals surface area contributed by atoms with Crippen LogP contribution in [0.1, 0.15) is 35.7 Å². The monoisotopic (exact) mass is 432 g/mol. The molecule has 0 saturated carbocycles. The minimum Gasteiger partial charge on any atom is -0.366 e. The number of anilines is 3. The molecule has 1 aliphatic rings.